The van der Waals surface area contributed by atoms with Crippen molar-refractivity contribution in [2.75, 3.05) is 0 Å². The van der Waals surface area contributed by atoms with Gasteiger partial charge in [-0.1, -0.05) is 30.7 Å². The monoisotopic (exact) mass is 248 g/mol. The SMILES string of the molecule is C[C@H](C(=O)O)c1ccc(CC2CCCC2O)cc1. The number of carbonyl (C=O) groups is 1. The van der Waals surface area contributed by atoms with Gasteiger partial charge in [-0.05, 0) is 43.2 Å². The Balaban J connectivity index is 2.01. The van der Waals surface area contributed by atoms with Crippen LogP contribution < -0.4 is 0 Å². The van der Waals surface area contributed by atoms with Crippen LogP contribution in [0, 0.1) is 5.92 Å². The van der Waals surface area contributed by atoms with Crippen LogP contribution in [0.1, 0.15) is 43.2 Å². The lowest BCUT2D eigenvalue weighted by Gasteiger charge is -2.15. The van der Waals surface area contributed by atoms with Crippen LogP contribution in [0.3, 0.4) is 0 Å². The molecule has 0 radical (unpaired) electrons. The van der Waals surface area contributed by atoms with Gasteiger partial charge >= 0.3 is 5.97 Å². The molecular formula is C15H20O3. The second-order valence-electron chi connectivity index (χ2n) is 5.26. The quantitative estimate of drug-likeness (QED) is 0.861. The Bertz CT molecular complexity index is 410. The molecule has 3 atom stereocenters. The first kappa shape index (κ1) is 13.1. The summed E-state index contributed by atoms with van der Waals surface area (Å²) < 4.78 is 0. The molecule has 1 aliphatic rings. The standard InChI is InChI=1S/C15H20O3/c1-10(15(17)18)12-7-5-11(6-8-12)9-13-3-2-4-14(13)16/h5-8,10,13-14,16H,2-4,9H2,1H3,(H,17,18)/t10-,13?,14?/m0/s1. The van der Waals surface area contributed by atoms with E-state index in [0.717, 1.165) is 31.2 Å². The molecule has 3 heteroatoms. The van der Waals surface area contributed by atoms with Crippen molar-refractivity contribution in [2.45, 2.75) is 44.6 Å². The number of hydrogen-bond donors (Lipinski definition) is 2. The maximum atomic E-state index is 10.9. The third-order valence-corrected chi connectivity index (χ3v) is 3.97. The zero-order valence-corrected chi connectivity index (χ0v) is 10.7. The molecule has 2 rings (SSSR count). The summed E-state index contributed by atoms with van der Waals surface area (Å²) in [6.45, 7) is 1.69. The van der Waals surface area contributed by atoms with Crippen molar-refractivity contribution in [3.8, 4) is 0 Å². The highest BCUT2D eigenvalue weighted by Crippen LogP contribution is 2.29. The first-order chi connectivity index (χ1) is 8.58. The van der Waals surface area contributed by atoms with Gasteiger partial charge in [0.1, 0.15) is 0 Å². The van der Waals surface area contributed by atoms with Crippen LogP contribution in [0.15, 0.2) is 24.3 Å². The van der Waals surface area contributed by atoms with E-state index in [2.05, 4.69) is 0 Å². The summed E-state index contributed by atoms with van der Waals surface area (Å²) in [6.07, 6.45) is 3.85. The molecule has 98 valence electrons. The smallest absolute Gasteiger partial charge is 0.310 e. The Kier molecular flexibility index (Phi) is 4.02. The Labute approximate surface area is 107 Å². The minimum Gasteiger partial charge on any atom is -0.481 e. The van der Waals surface area contributed by atoms with E-state index in [1.54, 1.807) is 6.92 Å². The highest BCUT2D eigenvalue weighted by molar-refractivity contribution is 5.75. The molecule has 1 aromatic carbocycles. The minimum atomic E-state index is -0.797. The molecule has 1 fully saturated rings. The third-order valence-electron chi connectivity index (χ3n) is 3.97. The molecule has 0 bridgehead atoms. The fourth-order valence-electron chi connectivity index (χ4n) is 2.64. The van der Waals surface area contributed by atoms with Gasteiger partial charge in [-0.3, -0.25) is 4.79 Å². The van der Waals surface area contributed by atoms with Gasteiger partial charge in [0.15, 0.2) is 0 Å². The van der Waals surface area contributed by atoms with Crippen molar-refractivity contribution in [3.63, 3.8) is 0 Å². The maximum absolute atomic E-state index is 10.9. The van der Waals surface area contributed by atoms with E-state index >= 15 is 0 Å². The molecule has 1 aliphatic carbocycles. The summed E-state index contributed by atoms with van der Waals surface area (Å²) in [4.78, 5) is 10.9. The van der Waals surface area contributed by atoms with Gasteiger partial charge in [0.25, 0.3) is 0 Å². The van der Waals surface area contributed by atoms with Gasteiger partial charge < -0.3 is 10.2 Å². The van der Waals surface area contributed by atoms with Crippen LogP contribution in [0.2, 0.25) is 0 Å². The molecule has 2 N–H and O–H groups in total. The van der Waals surface area contributed by atoms with Crippen LogP contribution in [0.4, 0.5) is 0 Å². The number of carboxylic acids is 1. The summed E-state index contributed by atoms with van der Waals surface area (Å²) in [6, 6.07) is 7.74. The lowest BCUT2D eigenvalue weighted by Crippen LogP contribution is -2.15. The number of carboxylic acid groups (broad SMARTS) is 1. The van der Waals surface area contributed by atoms with Crippen LogP contribution in [0.5, 0.6) is 0 Å². The number of aliphatic carboxylic acids is 1. The number of aliphatic hydroxyl groups excluding tert-OH is 1. The predicted octanol–water partition coefficient (Wildman–Crippen LogP) is 2.58. The normalized spacial score (nSPS) is 25.0. The minimum absolute atomic E-state index is 0.164. The first-order valence-electron chi connectivity index (χ1n) is 6.57. The van der Waals surface area contributed by atoms with Gasteiger partial charge in [-0.2, -0.15) is 0 Å². The Morgan fingerprint density at radius 2 is 2.00 bits per heavy atom. The first-order valence-corrected chi connectivity index (χ1v) is 6.57. The van der Waals surface area contributed by atoms with Crippen LogP contribution in [0.25, 0.3) is 0 Å². The largest absolute Gasteiger partial charge is 0.481 e. The maximum Gasteiger partial charge on any atom is 0.310 e. The summed E-state index contributed by atoms with van der Waals surface area (Å²) in [7, 11) is 0. The van der Waals surface area contributed by atoms with Gasteiger partial charge in [0.05, 0.1) is 12.0 Å². The van der Waals surface area contributed by atoms with Crippen molar-refractivity contribution in [3.05, 3.63) is 35.4 Å². The molecule has 18 heavy (non-hydrogen) atoms. The summed E-state index contributed by atoms with van der Waals surface area (Å²) >= 11 is 0. The molecule has 0 spiro atoms. The van der Waals surface area contributed by atoms with E-state index in [4.69, 9.17) is 5.11 Å². The van der Waals surface area contributed by atoms with E-state index < -0.39 is 11.9 Å². The van der Waals surface area contributed by atoms with Gasteiger partial charge in [-0.15, -0.1) is 0 Å². The third kappa shape index (κ3) is 2.91. The number of hydrogen-bond acceptors (Lipinski definition) is 2. The van der Waals surface area contributed by atoms with Gasteiger partial charge in [-0.25, -0.2) is 0 Å². The van der Waals surface area contributed by atoms with E-state index in [-0.39, 0.29) is 6.10 Å². The van der Waals surface area contributed by atoms with Crippen LogP contribution >= 0.6 is 0 Å². The molecular weight excluding hydrogens is 228 g/mol. The average Bonchev–Trinajstić information content (AvgIpc) is 2.75. The molecule has 2 unspecified atom stereocenters. The van der Waals surface area contributed by atoms with E-state index in [0.29, 0.717) is 5.92 Å². The molecule has 0 saturated heterocycles. The highest BCUT2D eigenvalue weighted by atomic mass is 16.4. The number of benzene rings is 1. The second kappa shape index (κ2) is 5.53. The highest BCUT2D eigenvalue weighted by Gasteiger charge is 2.25. The summed E-state index contributed by atoms with van der Waals surface area (Å²) in [5.74, 6) is -0.891. The molecule has 0 heterocycles. The van der Waals surface area contributed by atoms with Crippen LogP contribution in [-0.4, -0.2) is 22.3 Å². The molecule has 3 nitrogen and oxygen atoms in total. The van der Waals surface area contributed by atoms with Crippen LogP contribution in [-0.2, 0) is 11.2 Å². The fourth-order valence-corrected chi connectivity index (χ4v) is 2.64. The number of aliphatic hydroxyl groups is 1. The lowest BCUT2D eigenvalue weighted by atomic mass is 9.94. The Morgan fingerprint density at radius 3 is 2.50 bits per heavy atom. The molecule has 0 amide bonds. The Hall–Kier alpha value is -1.35. The van der Waals surface area contributed by atoms with E-state index in [1.807, 2.05) is 24.3 Å². The van der Waals surface area contributed by atoms with E-state index in [9.17, 15) is 9.90 Å². The molecule has 1 saturated carbocycles. The predicted molar refractivity (Wildman–Crippen MR) is 69.5 cm³/mol. The lowest BCUT2D eigenvalue weighted by molar-refractivity contribution is -0.138. The average molecular weight is 248 g/mol. The topological polar surface area (TPSA) is 57.5 Å². The van der Waals surface area contributed by atoms with Crippen molar-refractivity contribution < 1.29 is 15.0 Å². The second-order valence-corrected chi connectivity index (χ2v) is 5.26. The number of rotatable bonds is 4. The summed E-state index contributed by atoms with van der Waals surface area (Å²) in [5, 5.41) is 18.7. The molecule has 1 aromatic rings. The zero-order valence-electron chi connectivity index (χ0n) is 10.7. The summed E-state index contributed by atoms with van der Waals surface area (Å²) in [5.41, 5.74) is 2.01. The van der Waals surface area contributed by atoms with Gasteiger partial charge in [0, 0.05) is 0 Å². The zero-order chi connectivity index (χ0) is 13.1. The van der Waals surface area contributed by atoms with Crippen molar-refractivity contribution in [1.29, 1.82) is 0 Å². The van der Waals surface area contributed by atoms with Crippen molar-refractivity contribution >= 4 is 5.97 Å². The van der Waals surface area contributed by atoms with E-state index in [1.165, 1.54) is 5.56 Å². The van der Waals surface area contributed by atoms with Gasteiger partial charge in [0.2, 0.25) is 0 Å². The molecule has 0 aromatic heterocycles. The van der Waals surface area contributed by atoms with Crippen molar-refractivity contribution in [1.82, 2.24) is 0 Å². The fraction of sp³-hybridized carbons (Fsp3) is 0.533. The Morgan fingerprint density at radius 1 is 1.33 bits per heavy atom. The molecule has 0 aliphatic heterocycles. The van der Waals surface area contributed by atoms with Crippen molar-refractivity contribution in [2.24, 2.45) is 5.92 Å².